The van der Waals surface area contributed by atoms with Crippen LogP contribution in [-0.2, 0) is 23.9 Å². The molecule has 2 bridgehead atoms. The number of rotatable bonds is 9. The second kappa shape index (κ2) is 11.0. The average molecular weight is 542 g/mol. The van der Waals surface area contributed by atoms with Gasteiger partial charge in [-0.05, 0) is 49.1 Å². The normalized spacial score (nSPS) is 35.4. The van der Waals surface area contributed by atoms with Crippen molar-refractivity contribution in [1.82, 2.24) is 10.2 Å². The van der Waals surface area contributed by atoms with Crippen LogP contribution in [0.3, 0.4) is 0 Å². The van der Waals surface area contributed by atoms with E-state index in [-0.39, 0.29) is 23.8 Å². The molecule has 38 heavy (non-hydrogen) atoms. The van der Waals surface area contributed by atoms with Gasteiger partial charge in [0.05, 0.1) is 17.9 Å². The highest BCUT2D eigenvalue weighted by Crippen LogP contribution is 2.55. The molecule has 1 saturated carbocycles. The van der Waals surface area contributed by atoms with Crippen molar-refractivity contribution in [1.29, 1.82) is 0 Å². The highest BCUT2D eigenvalue weighted by Gasteiger charge is 2.72. The van der Waals surface area contributed by atoms with Gasteiger partial charge < -0.3 is 25.0 Å². The van der Waals surface area contributed by atoms with Gasteiger partial charge in [-0.3, -0.25) is 14.4 Å². The van der Waals surface area contributed by atoms with Gasteiger partial charge in [-0.25, -0.2) is 0 Å². The number of hydrogen-bond donors (Lipinski definition) is 2. The summed E-state index contributed by atoms with van der Waals surface area (Å²) in [5.74, 6) is -1.22. The maximum absolute atomic E-state index is 14.0. The lowest BCUT2D eigenvalue weighted by Crippen LogP contribution is -2.58. The second-order valence-corrected chi connectivity index (χ2v) is 12.1. The first-order chi connectivity index (χ1) is 18.3. The van der Waals surface area contributed by atoms with Crippen LogP contribution < -0.4 is 10.6 Å². The third kappa shape index (κ3) is 4.67. The number of carbonyl (C=O) groups is 3. The van der Waals surface area contributed by atoms with Crippen molar-refractivity contribution in [3.8, 4) is 0 Å². The molecule has 3 fully saturated rings. The molecule has 3 amide bonds. The van der Waals surface area contributed by atoms with E-state index in [1.807, 2.05) is 42.7 Å². The van der Waals surface area contributed by atoms with E-state index in [1.165, 1.54) is 0 Å². The molecule has 3 aliphatic heterocycles. The van der Waals surface area contributed by atoms with E-state index < -0.39 is 29.6 Å². The van der Waals surface area contributed by atoms with Crippen LogP contribution in [0, 0.1) is 23.7 Å². The summed E-state index contributed by atoms with van der Waals surface area (Å²) in [6, 6.07) is 6.87. The van der Waals surface area contributed by atoms with E-state index in [9.17, 15) is 14.4 Å². The first-order valence-electron chi connectivity index (χ1n) is 13.7. The maximum Gasteiger partial charge on any atom is 0.246 e. The number of likely N-dealkylation sites (tertiary alicyclic amines) is 1. The summed E-state index contributed by atoms with van der Waals surface area (Å²) in [5.41, 5.74) is -0.467. The van der Waals surface area contributed by atoms with Crippen LogP contribution in [0.15, 0.2) is 41.3 Å². The van der Waals surface area contributed by atoms with E-state index in [2.05, 4.69) is 24.5 Å². The maximum atomic E-state index is 14.0. The molecule has 0 unspecified atom stereocenters. The molecule has 1 spiro atoms. The quantitative estimate of drug-likeness (QED) is 0.282. The number of nitrogens with one attached hydrogen (secondary N) is 2. The number of thioether (sulfide) groups is 1. The summed E-state index contributed by atoms with van der Waals surface area (Å²) in [6.07, 6.45) is 8.92. The van der Waals surface area contributed by atoms with Crippen LogP contribution >= 0.6 is 11.8 Å². The molecular formula is C29H39N3O5S. The SMILES string of the molecule is COCCCN1C(=O)[C@@H]2[C@H](C(=O)Nc3cccc(SC)c3)[C@@H]3C=C[C@@]2(O3)[C@@H]1C(=O)N[C@@H]1CCC[C@H](C)[C@@H]1C. The number of hydrogen-bond acceptors (Lipinski definition) is 6. The van der Waals surface area contributed by atoms with E-state index in [4.69, 9.17) is 9.47 Å². The Balaban J connectivity index is 1.42. The van der Waals surface area contributed by atoms with E-state index in [0.717, 1.165) is 24.2 Å². The molecule has 1 aromatic rings. The number of fused-ring (bicyclic) bond motifs is 1. The number of ether oxygens (including phenoxy) is 2. The number of amides is 3. The molecule has 2 saturated heterocycles. The Hall–Kier alpha value is -2.36. The van der Waals surface area contributed by atoms with Crippen LogP contribution in [0.5, 0.6) is 0 Å². The Labute approximate surface area is 229 Å². The molecule has 0 aromatic heterocycles. The molecule has 0 radical (unpaired) electrons. The molecule has 1 aromatic carbocycles. The van der Waals surface area contributed by atoms with Gasteiger partial charge in [-0.15, -0.1) is 11.8 Å². The molecule has 3 heterocycles. The first kappa shape index (κ1) is 27.2. The minimum Gasteiger partial charge on any atom is -0.385 e. The summed E-state index contributed by atoms with van der Waals surface area (Å²) < 4.78 is 11.7. The molecule has 206 valence electrons. The lowest BCUT2D eigenvalue weighted by Gasteiger charge is -2.38. The van der Waals surface area contributed by atoms with Gasteiger partial charge in [0.2, 0.25) is 17.7 Å². The summed E-state index contributed by atoms with van der Waals surface area (Å²) in [6.45, 7) is 5.26. The summed E-state index contributed by atoms with van der Waals surface area (Å²) >= 11 is 1.59. The van der Waals surface area contributed by atoms with Gasteiger partial charge in [0.25, 0.3) is 0 Å². The monoisotopic (exact) mass is 541 g/mol. The van der Waals surface area contributed by atoms with Gasteiger partial charge in [0.15, 0.2) is 0 Å². The third-order valence-electron chi connectivity index (χ3n) is 9.04. The summed E-state index contributed by atoms with van der Waals surface area (Å²) in [7, 11) is 1.62. The largest absolute Gasteiger partial charge is 0.385 e. The highest BCUT2D eigenvalue weighted by atomic mass is 32.2. The fourth-order valence-electron chi connectivity index (χ4n) is 6.86. The molecule has 1 aliphatic carbocycles. The van der Waals surface area contributed by atoms with Crippen LogP contribution in [0.25, 0.3) is 0 Å². The van der Waals surface area contributed by atoms with Crippen molar-refractivity contribution in [3.05, 3.63) is 36.4 Å². The summed E-state index contributed by atoms with van der Waals surface area (Å²) in [4.78, 5) is 44.2. The van der Waals surface area contributed by atoms with Crippen molar-refractivity contribution in [3.63, 3.8) is 0 Å². The number of nitrogens with zero attached hydrogens (tertiary/aromatic N) is 1. The minimum atomic E-state index is -1.15. The predicted molar refractivity (Wildman–Crippen MR) is 147 cm³/mol. The number of carbonyl (C=O) groups excluding carboxylic acids is 3. The number of anilines is 1. The molecule has 5 rings (SSSR count). The Morgan fingerprint density at radius 2 is 2.05 bits per heavy atom. The smallest absolute Gasteiger partial charge is 0.246 e. The highest BCUT2D eigenvalue weighted by molar-refractivity contribution is 7.98. The Kier molecular flexibility index (Phi) is 7.89. The fourth-order valence-corrected chi connectivity index (χ4v) is 7.32. The number of benzene rings is 1. The van der Waals surface area contributed by atoms with Gasteiger partial charge in [0, 0.05) is 36.9 Å². The van der Waals surface area contributed by atoms with E-state index in [1.54, 1.807) is 23.8 Å². The molecule has 8 atom stereocenters. The van der Waals surface area contributed by atoms with Crippen molar-refractivity contribution in [2.75, 3.05) is 31.8 Å². The van der Waals surface area contributed by atoms with E-state index in [0.29, 0.717) is 37.1 Å². The third-order valence-corrected chi connectivity index (χ3v) is 9.77. The zero-order chi connectivity index (χ0) is 27.0. The zero-order valence-corrected chi connectivity index (χ0v) is 23.5. The van der Waals surface area contributed by atoms with E-state index >= 15 is 0 Å². The molecule has 8 nitrogen and oxygen atoms in total. The Morgan fingerprint density at radius 1 is 1.24 bits per heavy atom. The molecular weight excluding hydrogens is 502 g/mol. The van der Waals surface area contributed by atoms with Crippen molar-refractivity contribution in [2.24, 2.45) is 23.7 Å². The molecule has 2 N–H and O–H groups in total. The van der Waals surface area contributed by atoms with Gasteiger partial charge in [0.1, 0.15) is 11.6 Å². The lowest BCUT2D eigenvalue weighted by atomic mass is 9.73. The standard InChI is InChI=1S/C29H39N3O5S/c1-17-8-5-11-21(18(17)2)31-27(34)25-29-13-12-22(37-29)23(24(29)28(35)32(25)14-7-15-36-3)26(33)30-19-9-6-10-20(16-19)38-4/h6,9-10,12-13,16-18,21-25H,5,7-8,11,14-15H2,1-4H3,(H,30,33)(H,31,34)/t17-,18-,21+,22-,23+,24-,25-,29-/m0/s1. The van der Waals surface area contributed by atoms with Crippen molar-refractivity contribution in [2.45, 2.75) is 68.2 Å². The topological polar surface area (TPSA) is 97.0 Å². The van der Waals surface area contributed by atoms with Crippen LogP contribution in [0.1, 0.15) is 39.5 Å². The van der Waals surface area contributed by atoms with Gasteiger partial charge in [-0.1, -0.05) is 44.9 Å². The van der Waals surface area contributed by atoms with Crippen LogP contribution in [0.2, 0.25) is 0 Å². The second-order valence-electron chi connectivity index (χ2n) is 11.2. The summed E-state index contributed by atoms with van der Waals surface area (Å²) in [5, 5.41) is 6.29. The Bertz CT molecular complexity index is 1110. The van der Waals surface area contributed by atoms with Crippen molar-refractivity contribution >= 4 is 35.2 Å². The molecule has 4 aliphatic rings. The van der Waals surface area contributed by atoms with Crippen molar-refractivity contribution < 1.29 is 23.9 Å². The predicted octanol–water partition coefficient (Wildman–Crippen LogP) is 3.48. The van der Waals surface area contributed by atoms with Crippen LogP contribution in [0.4, 0.5) is 5.69 Å². The fraction of sp³-hybridized carbons (Fsp3) is 0.621. The first-order valence-corrected chi connectivity index (χ1v) is 14.9. The zero-order valence-electron chi connectivity index (χ0n) is 22.6. The lowest BCUT2D eigenvalue weighted by molar-refractivity contribution is -0.141. The minimum absolute atomic E-state index is 0.0583. The Morgan fingerprint density at radius 3 is 2.82 bits per heavy atom. The van der Waals surface area contributed by atoms with Gasteiger partial charge >= 0.3 is 0 Å². The van der Waals surface area contributed by atoms with Gasteiger partial charge in [-0.2, -0.15) is 0 Å². The number of methoxy groups -OCH3 is 1. The van der Waals surface area contributed by atoms with Crippen LogP contribution in [-0.4, -0.2) is 72.9 Å². The molecule has 9 heteroatoms. The average Bonchev–Trinajstić information content (AvgIpc) is 3.54.